The Morgan fingerprint density at radius 3 is 3.00 bits per heavy atom. The van der Waals surface area contributed by atoms with Crippen LogP contribution in [0.4, 0.5) is 0 Å². The molecule has 4 nitrogen and oxygen atoms in total. The Hall–Kier alpha value is -1.81. The number of aromatic nitrogens is 2. The normalized spacial score (nSPS) is 15.3. The van der Waals surface area contributed by atoms with E-state index in [4.69, 9.17) is 9.52 Å². The fourth-order valence-electron chi connectivity index (χ4n) is 2.69. The maximum Gasteiger partial charge on any atom is 0.176 e. The molecule has 0 fully saturated rings. The lowest BCUT2D eigenvalue weighted by molar-refractivity contribution is 0.248. The quantitative estimate of drug-likeness (QED) is 0.847. The van der Waals surface area contributed by atoms with Crippen LogP contribution in [0.15, 0.2) is 40.6 Å². The van der Waals surface area contributed by atoms with E-state index in [9.17, 15) is 0 Å². The van der Waals surface area contributed by atoms with Gasteiger partial charge in [-0.15, -0.1) is 0 Å². The third kappa shape index (κ3) is 2.85. The average Bonchev–Trinajstić information content (AvgIpc) is 3.14. The molecule has 0 atom stereocenters. The molecule has 0 spiro atoms. The van der Waals surface area contributed by atoms with Crippen LogP contribution in [-0.4, -0.2) is 14.7 Å². The predicted octanol–water partition coefficient (Wildman–Crippen LogP) is 3.53. The van der Waals surface area contributed by atoms with Gasteiger partial charge in [-0.3, -0.25) is 0 Å². The highest BCUT2D eigenvalue weighted by molar-refractivity contribution is 5.47. The summed E-state index contributed by atoms with van der Waals surface area (Å²) in [5.74, 6) is 2.13. The maximum atomic E-state index is 9.06. The monoisotopic (exact) mass is 272 g/mol. The summed E-state index contributed by atoms with van der Waals surface area (Å²) in [6.07, 6.45) is 12.4. The molecule has 2 aromatic rings. The molecular weight excluding hydrogens is 252 g/mol. The number of imidazole rings is 1. The molecule has 0 bridgehead atoms. The standard InChI is InChI=1S/C16H20N2O2/c19-12-14-6-7-15(20-14)16-17-9-11-18(16)10-8-13-4-2-1-3-5-13/h4,6-7,9,11,19H,1-3,5,8,10,12H2. The first-order chi connectivity index (χ1) is 9.86. The first-order valence-electron chi connectivity index (χ1n) is 7.26. The summed E-state index contributed by atoms with van der Waals surface area (Å²) < 4.78 is 7.68. The molecule has 2 aromatic heterocycles. The highest BCUT2D eigenvalue weighted by Crippen LogP contribution is 2.24. The van der Waals surface area contributed by atoms with Crippen LogP contribution < -0.4 is 0 Å². The minimum atomic E-state index is -0.0758. The van der Waals surface area contributed by atoms with Gasteiger partial charge in [-0.2, -0.15) is 0 Å². The number of hydrogen-bond acceptors (Lipinski definition) is 3. The van der Waals surface area contributed by atoms with E-state index in [1.165, 1.54) is 25.7 Å². The van der Waals surface area contributed by atoms with Gasteiger partial charge in [0.1, 0.15) is 12.4 Å². The molecule has 20 heavy (non-hydrogen) atoms. The van der Waals surface area contributed by atoms with Gasteiger partial charge >= 0.3 is 0 Å². The third-order valence-electron chi connectivity index (χ3n) is 3.81. The Bertz CT molecular complexity index is 595. The number of nitrogens with zero attached hydrogens (tertiary/aromatic N) is 2. The van der Waals surface area contributed by atoms with Gasteiger partial charge < -0.3 is 14.1 Å². The molecule has 0 unspecified atom stereocenters. The lowest BCUT2D eigenvalue weighted by Gasteiger charge is -2.13. The van der Waals surface area contributed by atoms with Gasteiger partial charge in [0.05, 0.1) is 0 Å². The molecule has 4 heteroatoms. The van der Waals surface area contributed by atoms with Crippen molar-refractivity contribution in [3.05, 3.63) is 41.9 Å². The summed E-state index contributed by atoms with van der Waals surface area (Å²) in [5, 5.41) is 9.06. The van der Waals surface area contributed by atoms with Gasteiger partial charge in [-0.25, -0.2) is 4.98 Å². The predicted molar refractivity (Wildman–Crippen MR) is 77.0 cm³/mol. The van der Waals surface area contributed by atoms with Crippen LogP contribution in [0.1, 0.15) is 37.9 Å². The first kappa shape index (κ1) is 13.2. The summed E-state index contributed by atoms with van der Waals surface area (Å²) in [7, 11) is 0. The average molecular weight is 272 g/mol. The Morgan fingerprint density at radius 2 is 2.25 bits per heavy atom. The van der Waals surface area contributed by atoms with Crippen LogP contribution in [-0.2, 0) is 13.2 Å². The summed E-state index contributed by atoms with van der Waals surface area (Å²) >= 11 is 0. The second kappa shape index (κ2) is 6.09. The Morgan fingerprint density at radius 1 is 1.30 bits per heavy atom. The van der Waals surface area contributed by atoms with Crippen molar-refractivity contribution in [3.8, 4) is 11.6 Å². The molecule has 0 saturated heterocycles. The summed E-state index contributed by atoms with van der Waals surface area (Å²) in [6, 6.07) is 3.66. The molecule has 0 aliphatic heterocycles. The van der Waals surface area contributed by atoms with E-state index >= 15 is 0 Å². The number of rotatable bonds is 5. The van der Waals surface area contributed by atoms with Gasteiger partial charge in [0.2, 0.25) is 0 Å². The fourth-order valence-corrected chi connectivity index (χ4v) is 2.69. The van der Waals surface area contributed by atoms with Gasteiger partial charge in [0.25, 0.3) is 0 Å². The Labute approximate surface area is 118 Å². The molecule has 1 aliphatic carbocycles. The summed E-state index contributed by atoms with van der Waals surface area (Å²) in [5.41, 5.74) is 1.56. The lowest BCUT2D eigenvalue weighted by Crippen LogP contribution is -2.02. The smallest absolute Gasteiger partial charge is 0.176 e. The highest BCUT2D eigenvalue weighted by Gasteiger charge is 2.11. The first-order valence-corrected chi connectivity index (χ1v) is 7.26. The van der Waals surface area contributed by atoms with Crippen LogP contribution >= 0.6 is 0 Å². The Balaban J connectivity index is 1.71. The van der Waals surface area contributed by atoms with Crippen LogP contribution in [0, 0.1) is 0 Å². The number of furan rings is 1. The van der Waals surface area contributed by atoms with E-state index in [2.05, 4.69) is 15.6 Å². The molecule has 1 aliphatic rings. The topological polar surface area (TPSA) is 51.2 Å². The van der Waals surface area contributed by atoms with Gasteiger partial charge in [-0.1, -0.05) is 11.6 Å². The number of aliphatic hydroxyl groups is 1. The second-order valence-electron chi connectivity index (χ2n) is 5.23. The van der Waals surface area contributed by atoms with E-state index < -0.39 is 0 Å². The minimum absolute atomic E-state index is 0.0758. The number of hydrogen-bond donors (Lipinski definition) is 1. The number of allylic oxidation sites excluding steroid dienone is 2. The SMILES string of the molecule is OCc1ccc(-c2nccn2CCC2=CCCCC2)o1. The van der Waals surface area contributed by atoms with Crippen molar-refractivity contribution in [2.45, 2.75) is 45.3 Å². The van der Waals surface area contributed by atoms with Gasteiger partial charge in [-0.05, 0) is 44.2 Å². The van der Waals surface area contributed by atoms with Crippen molar-refractivity contribution in [1.82, 2.24) is 9.55 Å². The van der Waals surface area contributed by atoms with E-state index in [0.29, 0.717) is 5.76 Å². The number of aliphatic hydroxyl groups excluding tert-OH is 1. The zero-order valence-corrected chi connectivity index (χ0v) is 11.6. The largest absolute Gasteiger partial charge is 0.455 e. The molecule has 0 amide bonds. The van der Waals surface area contributed by atoms with Crippen LogP contribution in [0.3, 0.4) is 0 Å². The van der Waals surface area contributed by atoms with Gasteiger partial charge in [0, 0.05) is 18.9 Å². The molecule has 106 valence electrons. The zero-order chi connectivity index (χ0) is 13.8. The van der Waals surface area contributed by atoms with Crippen molar-refractivity contribution in [3.63, 3.8) is 0 Å². The van der Waals surface area contributed by atoms with Crippen molar-refractivity contribution in [2.75, 3.05) is 0 Å². The molecule has 0 radical (unpaired) electrons. The van der Waals surface area contributed by atoms with E-state index in [0.717, 1.165) is 24.6 Å². The van der Waals surface area contributed by atoms with Crippen LogP contribution in [0.2, 0.25) is 0 Å². The molecular formula is C16H20N2O2. The second-order valence-corrected chi connectivity index (χ2v) is 5.23. The number of aryl methyl sites for hydroxylation is 1. The van der Waals surface area contributed by atoms with Crippen molar-refractivity contribution in [1.29, 1.82) is 0 Å². The van der Waals surface area contributed by atoms with Crippen molar-refractivity contribution < 1.29 is 9.52 Å². The molecule has 0 aromatic carbocycles. The van der Waals surface area contributed by atoms with Crippen LogP contribution in [0.5, 0.6) is 0 Å². The highest BCUT2D eigenvalue weighted by atomic mass is 16.4. The Kier molecular flexibility index (Phi) is 4.02. The molecule has 3 rings (SSSR count). The third-order valence-corrected chi connectivity index (χ3v) is 3.81. The summed E-state index contributed by atoms with van der Waals surface area (Å²) in [4.78, 5) is 4.37. The zero-order valence-electron chi connectivity index (χ0n) is 11.6. The van der Waals surface area contributed by atoms with E-state index in [-0.39, 0.29) is 6.61 Å². The molecule has 1 N–H and O–H groups in total. The molecule has 2 heterocycles. The minimum Gasteiger partial charge on any atom is -0.455 e. The molecule has 0 saturated carbocycles. The maximum absolute atomic E-state index is 9.06. The fraction of sp³-hybridized carbons (Fsp3) is 0.438. The van der Waals surface area contributed by atoms with Crippen molar-refractivity contribution >= 4 is 0 Å². The van der Waals surface area contributed by atoms with E-state index in [1.807, 2.05) is 12.3 Å². The van der Waals surface area contributed by atoms with Crippen LogP contribution in [0.25, 0.3) is 11.6 Å². The lowest BCUT2D eigenvalue weighted by atomic mass is 9.97. The van der Waals surface area contributed by atoms with Crippen molar-refractivity contribution in [2.24, 2.45) is 0 Å². The summed E-state index contributed by atoms with van der Waals surface area (Å²) in [6.45, 7) is 0.851. The van der Waals surface area contributed by atoms with E-state index in [1.54, 1.807) is 17.8 Å². The van der Waals surface area contributed by atoms with Gasteiger partial charge in [0.15, 0.2) is 11.6 Å².